The number of rotatable bonds is 3. The Bertz CT molecular complexity index is 608. The van der Waals surface area contributed by atoms with Crippen LogP contribution < -0.4 is 5.32 Å². The Labute approximate surface area is 115 Å². The van der Waals surface area contributed by atoms with E-state index in [-0.39, 0.29) is 22.9 Å². The number of nitrogens with one attached hydrogen (secondary N) is 1. The molecule has 106 valence electrons. The van der Waals surface area contributed by atoms with Gasteiger partial charge in [0.1, 0.15) is 5.82 Å². The molecule has 2 atom stereocenters. The molecular weight excluding hydrogens is 294 g/mol. The summed E-state index contributed by atoms with van der Waals surface area (Å²) < 4.78 is 49.9. The van der Waals surface area contributed by atoms with Gasteiger partial charge >= 0.3 is 6.18 Å². The zero-order valence-electron chi connectivity index (χ0n) is 9.99. The average Bonchev–Trinajstić information content (AvgIpc) is 2.95. The van der Waals surface area contributed by atoms with E-state index in [1.807, 2.05) is 0 Å². The third-order valence-electron chi connectivity index (χ3n) is 3.06. The highest BCUT2D eigenvalue weighted by atomic mass is 32.1. The fraction of sp³-hybridized carbons (Fsp3) is 0.333. The minimum Gasteiger partial charge on any atom is -0.357 e. The van der Waals surface area contributed by atoms with Gasteiger partial charge in [0.25, 0.3) is 0 Å². The molecule has 0 amide bonds. The van der Waals surface area contributed by atoms with Crippen molar-refractivity contribution < 1.29 is 17.6 Å². The first-order chi connectivity index (χ1) is 9.43. The van der Waals surface area contributed by atoms with Crippen LogP contribution in [0.1, 0.15) is 22.9 Å². The van der Waals surface area contributed by atoms with E-state index in [0.717, 1.165) is 12.0 Å². The first kappa shape index (κ1) is 13.3. The number of alkyl halides is 3. The summed E-state index contributed by atoms with van der Waals surface area (Å²) in [6.07, 6.45) is -3.68. The number of benzene rings is 1. The SMILES string of the molecule is Fc1ccc([C@@H]2C[C@H]2Nc2nnc(C(F)(F)F)s2)cc1. The lowest BCUT2D eigenvalue weighted by molar-refractivity contribution is -0.138. The molecule has 1 N–H and O–H groups in total. The number of anilines is 1. The second-order valence-electron chi connectivity index (χ2n) is 4.55. The summed E-state index contributed by atoms with van der Waals surface area (Å²) in [7, 11) is 0. The molecule has 0 saturated heterocycles. The van der Waals surface area contributed by atoms with Crippen molar-refractivity contribution in [1.82, 2.24) is 10.2 Å². The molecule has 0 bridgehead atoms. The van der Waals surface area contributed by atoms with Crippen molar-refractivity contribution in [3.63, 3.8) is 0 Å². The summed E-state index contributed by atoms with van der Waals surface area (Å²) in [6.45, 7) is 0. The summed E-state index contributed by atoms with van der Waals surface area (Å²) in [5, 5.41) is 8.71. The Morgan fingerprint density at radius 1 is 1.15 bits per heavy atom. The molecule has 20 heavy (non-hydrogen) atoms. The zero-order valence-corrected chi connectivity index (χ0v) is 10.8. The fourth-order valence-electron chi connectivity index (χ4n) is 1.99. The smallest absolute Gasteiger partial charge is 0.357 e. The van der Waals surface area contributed by atoms with Crippen molar-refractivity contribution in [2.75, 3.05) is 5.32 Å². The highest BCUT2D eigenvalue weighted by Crippen LogP contribution is 2.43. The van der Waals surface area contributed by atoms with Crippen LogP contribution >= 0.6 is 11.3 Å². The van der Waals surface area contributed by atoms with Crippen molar-refractivity contribution >= 4 is 16.5 Å². The standard InChI is InChI=1S/C12H9F4N3S/c13-7-3-1-6(2-4-7)8-5-9(8)17-11-19-18-10(20-11)12(14,15)16/h1-4,8-9H,5H2,(H,17,19)/t8-,9+/m0/s1. The van der Waals surface area contributed by atoms with Crippen LogP contribution in [0.25, 0.3) is 0 Å². The van der Waals surface area contributed by atoms with Crippen LogP contribution in [-0.4, -0.2) is 16.2 Å². The summed E-state index contributed by atoms with van der Waals surface area (Å²) >= 11 is 0.489. The molecule has 0 unspecified atom stereocenters. The minimum absolute atomic E-state index is 0.0227. The maximum absolute atomic E-state index is 12.8. The molecule has 1 aliphatic carbocycles. The first-order valence-electron chi connectivity index (χ1n) is 5.86. The van der Waals surface area contributed by atoms with E-state index in [1.165, 1.54) is 12.1 Å². The average molecular weight is 303 g/mol. The van der Waals surface area contributed by atoms with E-state index in [4.69, 9.17) is 0 Å². The van der Waals surface area contributed by atoms with Gasteiger partial charge in [-0.05, 0) is 24.1 Å². The van der Waals surface area contributed by atoms with E-state index in [0.29, 0.717) is 11.3 Å². The van der Waals surface area contributed by atoms with Crippen LogP contribution in [-0.2, 0) is 6.18 Å². The van der Waals surface area contributed by atoms with Gasteiger partial charge < -0.3 is 5.32 Å². The number of halogens is 4. The van der Waals surface area contributed by atoms with Gasteiger partial charge in [0, 0.05) is 12.0 Å². The van der Waals surface area contributed by atoms with Crippen molar-refractivity contribution in [3.8, 4) is 0 Å². The molecule has 8 heteroatoms. The number of nitrogens with zero attached hydrogens (tertiary/aromatic N) is 2. The van der Waals surface area contributed by atoms with Crippen molar-refractivity contribution in [2.24, 2.45) is 0 Å². The number of aromatic nitrogens is 2. The van der Waals surface area contributed by atoms with Gasteiger partial charge in [0.2, 0.25) is 10.1 Å². The molecule has 0 aliphatic heterocycles. The Hall–Kier alpha value is -1.70. The van der Waals surface area contributed by atoms with Gasteiger partial charge in [0.15, 0.2) is 0 Å². The summed E-state index contributed by atoms with van der Waals surface area (Å²) in [4.78, 5) is 0. The minimum atomic E-state index is -4.46. The van der Waals surface area contributed by atoms with Crippen molar-refractivity contribution in [2.45, 2.75) is 24.6 Å². The normalized spacial score (nSPS) is 21.8. The van der Waals surface area contributed by atoms with Gasteiger partial charge in [-0.1, -0.05) is 23.5 Å². The van der Waals surface area contributed by atoms with E-state index < -0.39 is 11.2 Å². The van der Waals surface area contributed by atoms with E-state index in [2.05, 4.69) is 15.5 Å². The summed E-state index contributed by atoms with van der Waals surface area (Å²) in [6, 6.07) is 6.13. The lowest BCUT2D eigenvalue weighted by Gasteiger charge is -2.02. The fourth-order valence-corrected chi connectivity index (χ4v) is 2.66. The van der Waals surface area contributed by atoms with E-state index >= 15 is 0 Å². The predicted octanol–water partition coefficient (Wildman–Crippen LogP) is 3.66. The Balaban J connectivity index is 1.63. The molecule has 1 aromatic heterocycles. The first-order valence-corrected chi connectivity index (χ1v) is 6.68. The monoisotopic (exact) mass is 303 g/mol. The van der Waals surface area contributed by atoms with E-state index in [1.54, 1.807) is 12.1 Å². The van der Waals surface area contributed by atoms with Crippen LogP contribution in [0.4, 0.5) is 22.7 Å². The lowest BCUT2D eigenvalue weighted by Crippen LogP contribution is -2.03. The third kappa shape index (κ3) is 2.74. The number of hydrogen-bond acceptors (Lipinski definition) is 4. The lowest BCUT2D eigenvalue weighted by atomic mass is 10.1. The third-order valence-corrected chi connectivity index (χ3v) is 3.96. The Morgan fingerprint density at radius 2 is 1.85 bits per heavy atom. The van der Waals surface area contributed by atoms with Crippen LogP contribution in [0.2, 0.25) is 0 Å². The van der Waals surface area contributed by atoms with Crippen molar-refractivity contribution in [3.05, 3.63) is 40.7 Å². The van der Waals surface area contributed by atoms with Gasteiger partial charge in [-0.2, -0.15) is 13.2 Å². The van der Waals surface area contributed by atoms with Crippen molar-refractivity contribution in [1.29, 1.82) is 0 Å². The molecule has 1 aromatic carbocycles. The molecule has 3 nitrogen and oxygen atoms in total. The molecule has 1 fully saturated rings. The van der Waals surface area contributed by atoms with Crippen LogP contribution in [0, 0.1) is 5.82 Å². The van der Waals surface area contributed by atoms with Gasteiger partial charge in [-0.25, -0.2) is 4.39 Å². The molecule has 1 aliphatic rings. The van der Waals surface area contributed by atoms with Gasteiger partial charge in [-0.15, -0.1) is 10.2 Å². The Morgan fingerprint density at radius 3 is 2.45 bits per heavy atom. The molecular formula is C12H9F4N3S. The topological polar surface area (TPSA) is 37.8 Å². The predicted molar refractivity (Wildman–Crippen MR) is 66.1 cm³/mol. The van der Waals surface area contributed by atoms with E-state index in [9.17, 15) is 17.6 Å². The summed E-state index contributed by atoms with van der Waals surface area (Å²) in [5.41, 5.74) is 0.962. The van der Waals surface area contributed by atoms with Gasteiger partial charge in [0.05, 0.1) is 0 Å². The molecule has 1 heterocycles. The maximum atomic E-state index is 12.8. The van der Waals surface area contributed by atoms with Gasteiger partial charge in [-0.3, -0.25) is 0 Å². The second kappa shape index (κ2) is 4.69. The second-order valence-corrected chi connectivity index (χ2v) is 5.53. The van der Waals surface area contributed by atoms with Crippen LogP contribution in [0.15, 0.2) is 24.3 Å². The summed E-state index contributed by atoms with van der Waals surface area (Å²) in [5.74, 6) is -0.133. The Kier molecular flexibility index (Phi) is 3.12. The zero-order chi connectivity index (χ0) is 14.3. The van der Waals surface area contributed by atoms with Crippen LogP contribution in [0.3, 0.4) is 0 Å². The largest absolute Gasteiger partial charge is 0.445 e. The quantitative estimate of drug-likeness (QED) is 0.879. The molecule has 1 saturated carbocycles. The highest BCUT2D eigenvalue weighted by Gasteiger charge is 2.40. The molecule has 0 spiro atoms. The number of hydrogen-bond donors (Lipinski definition) is 1. The molecule has 3 rings (SSSR count). The maximum Gasteiger partial charge on any atom is 0.445 e. The molecule has 2 aromatic rings. The molecule has 0 radical (unpaired) electrons. The highest BCUT2D eigenvalue weighted by molar-refractivity contribution is 7.15. The van der Waals surface area contributed by atoms with Crippen LogP contribution in [0.5, 0.6) is 0 Å².